The highest BCUT2D eigenvalue weighted by molar-refractivity contribution is 8.03. The second-order valence-corrected chi connectivity index (χ2v) is 10.00. The summed E-state index contributed by atoms with van der Waals surface area (Å²) in [6, 6.07) is 8.12. The molecule has 0 saturated carbocycles. The van der Waals surface area contributed by atoms with E-state index in [0.29, 0.717) is 5.92 Å². The first-order chi connectivity index (χ1) is 9.72. The highest BCUT2D eigenvalue weighted by Crippen LogP contribution is 2.34. The number of hydrogen-bond acceptors (Lipinski definition) is 3. The minimum Gasteiger partial charge on any atom is -0.543 e. The molecule has 1 atom stereocenters. The van der Waals surface area contributed by atoms with E-state index in [1.807, 2.05) is 12.1 Å². The van der Waals surface area contributed by atoms with E-state index < -0.39 is 9.04 Å². The smallest absolute Gasteiger partial charge is 0.230 e. The lowest BCUT2D eigenvalue weighted by molar-refractivity contribution is 0.308. The second-order valence-electron chi connectivity index (χ2n) is 6.58. The van der Waals surface area contributed by atoms with Gasteiger partial charge >= 0.3 is 0 Å². The van der Waals surface area contributed by atoms with Crippen LogP contribution >= 0.6 is 11.8 Å². The molecule has 0 fully saturated rings. The van der Waals surface area contributed by atoms with Gasteiger partial charge in [0.05, 0.1) is 7.11 Å². The van der Waals surface area contributed by atoms with Crippen molar-refractivity contribution in [1.82, 2.24) is 0 Å². The zero-order valence-electron chi connectivity index (χ0n) is 14.3. The highest BCUT2D eigenvalue weighted by atomic mass is 32.2. The molecule has 1 rings (SSSR count). The summed E-state index contributed by atoms with van der Waals surface area (Å²) < 4.78 is 11.3. The molecule has 21 heavy (non-hydrogen) atoms. The van der Waals surface area contributed by atoms with Gasteiger partial charge in [0.25, 0.3) is 0 Å². The molecule has 0 radical (unpaired) electrons. The molecule has 0 bridgehead atoms. The first kappa shape index (κ1) is 18.2. The number of hydrogen-bond donors (Lipinski definition) is 0. The van der Waals surface area contributed by atoms with Crippen molar-refractivity contribution in [2.24, 2.45) is 11.3 Å². The van der Waals surface area contributed by atoms with Crippen molar-refractivity contribution in [3.63, 3.8) is 0 Å². The van der Waals surface area contributed by atoms with Crippen LogP contribution in [0.2, 0.25) is 13.1 Å². The van der Waals surface area contributed by atoms with Gasteiger partial charge in [-0.1, -0.05) is 39.5 Å². The Kier molecular flexibility index (Phi) is 6.88. The average molecular weight is 325 g/mol. The van der Waals surface area contributed by atoms with Crippen molar-refractivity contribution in [3.8, 4) is 5.75 Å². The number of allylic oxidation sites excluding steroid dienone is 1. The third kappa shape index (κ3) is 6.61. The summed E-state index contributed by atoms with van der Waals surface area (Å²) >= 11 is 1.70. The Bertz CT molecular complexity index is 461. The minimum atomic E-state index is -1.11. The Labute approximate surface area is 135 Å². The molecule has 0 aliphatic rings. The van der Waals surface area contributed by atoms with Crippen LogP contribution in [0.25, 0.3) is 0 Å². The number of rotatable bonds is 6. The van der Waals surface area contributed by atoms with Gasteiger partial charge in [0.2, 0.25) is 9.04 Å². The van der Waals surface area contributed by atoms with Crippen LogP contribution in [0.3, 0.4) is 0 Å². The number of thioether (sulfide) groups is 1. The van der Waals surface area contributed by atoms with Crippen molar-refractivity contribution in [2.75, 3.05) is 7.11 Å². The second kappa shape index (κ2) is 7.94. The van der Waals surface area contributed by atoms with Crippen LogP contribution in [-0.2, 0) is 4.43 Å². The zero-order chi connectivity index (χ0) is 16.0. The lowest BCUT2D eigenvalue weighted by Crippen LogP contribution is -2.16. The van der Waals surface area contributed by atoms with Crippen molar-refractivity contribution in [1.29, 1.82) is 0 Å². The predicted molar refractivity (Wildman–Crippen MR) is 95.5 cm³/mol. The lowest BCUT2D eigenvalue weighted by Gasteiger charge is -2.25. The molecular weight excluding hydrogens is 296 g/mol. The Morgan fingerprint density at radius 2 is 1.76 bits per heavy atom. The van der Waals surface area contributed by atoms with E-state index in [1.165, 1.54) is 4.90 Å². The molecule has 0 amide bonds. The third-order valence-electron chi connectivity index (χ3n) is 3.38. The van der Waals surface area contributed by atoms with E-state index >= 15 is 0 Å². The molecule has 0 N–H and O–H groups in total. The average Bonchev–Trinajstić information content (AvgIpc) is 2.37. The third-order valence-corrected chi connectivity index (χ3v) is 5.22. The minimum absolute atomic E-state index is 0.244. The highest BCUT2D eigenvalue weighted by Gasteiger charge is 2.19. The van der Waals surface area contributed by atoms with E-state index in [9.17, 15) is 0 Å². The van der Waals surface area contributed by atoms with Crippen molar-refractivity contribution >= 4 is 20.8 Å². The van der Waals surface area contributed by atoms with Crippen molar-refractivity contribution in [3.05, 3.63) is 35.4 Å². The van der Waals surface area contributed by atoms with Crippen LogP contribution in [0.4, 0.5) is 0 Å². The molecule has 0 spiro atoms. The number of benzene rings is 1. The van der Waals surface area contributed by atoms with E-state index in [0.717, 1.165) is 10.8 Å². The zero-order valence-corrected chi connectivity index (χ0v) is 16.2. The molecule has 0 aliphatic carbocycles. The van der Waals surface area contributed by atoms with Crippen LogP contribution < -0.4 is 4.74 Å². The fourth-order valence-electron chi connectivity index (χ4n) is 1.54. The summed E-state index contributed by atoms with van der Waals surface area (Å²) in [4.78, 5) is 1.18. The molecule has 0 unspecified atom stereocenters. The Morgan fingerprint density at radius 1 is 1.19 bits per heavy atom. The molecule has 0 aromatic heterocycles. The molecule has 0 aliphatic heterocycles. The number of ether oxygens (including phenoxy) is 1. The molecule has 2 nitrogen and oxygen atoms in total. The van der Waals surface area contributed by atoms with E-state index in [1.54, 1.807) is 18.9 Å². The van der Waals surface area contributed by atoms with Gasteiger partial charge in [-0.25, -0.2) is 0 Å². The molecule has 118 valence electrons. The van der Waals surface area contributed by atoms with Gasteiger partial charge in [-0.3, -0.25) is 0 Å². The summed E-state index contributed by atoms with van der Waals surface area (Å²) in [5, 5.41) is 1.03. The monoisotopic (exact) mass is 324 g/mol. The summed E-state index contributed by atoms with van der Waals surface area (Å²) in [7, 11) is 0.574. The molecule has 0 saturated heterocycles. The van der Waals surface area contributed by atoms with Gasteiger partial charge in [-0.15, -0.1) is 0 Å². The predicted octanol–water partition coefficient (Wildman–Crippen LogP) is 5.31. The van der Waals surface area contributed by atoms with Gasteiger partial charge in [0.1, 0.15) is 10.8 Å². The summed E-state index contributed by atoms with van der Waals surface area (Å²) in [5.74, 6) is 1.35. The largest absolute Gasteiger partial charge is 0.543 e. The van der Waals surface area contributed by atoms with Crippen LogP contribution in [0.15, 0.2) is 40.3 Å². The maximum absolute atomic E-state index is 6.11. The van der Waals surface area contributed by atoms with E-state index in [-0.39, 0.29) is 5.41 Å². The molecule has 1 aromatic carbocycles. The first-order valence-corrected chi connectivity index (χ1v) is 11.0. The van der Waals surface area contributed by atoms with Gasteiger partial charge in [-0.2, -0.15) is 0 Å². The Morgan fingerprint density at radius 3 is 2.19 bits per heavy atom. The quantitative estimate of drug-likeness (QED) is 0.401. The number of methoxy groups -OCH3 is 1. The maximum Gasteiger partial charge on any atom is 0.230 e. The summed E-state index contributed by atoms with van der Waals surface area (Å²) in [5.41, 5.74) is 0.244. The van der Waals surface area contributed by atoms with Crippen LogP contribution in [-0.4, -0.2) is 16.2 Å². The molecular formula is C17H28O2SSi. The fourth-order valence-corrected chi connectivity index (χ4v) is 3.63. The SMILES string of the molecule is COc1ccc(SC(=C[C@@H](C)C(C)(C)C)O[SiH](C)C)cc1. The summed E-state index contributed by atoms with van der Waals surface area (Å²) in [6.07, 6.45) is 2.27. The maximum atomic E-state index is 6.11. The molecule has 4 heteroatoms. The molecule has 1 aromatic rings. The Hall–Kier alpha value is -0.873. The van der Waals surface area contributed by atoms with Crippen molar-refractivity contribution < 1.29 is 9.16 Å². The standard InChI is InChI=1S/C17H28O2SSi/c1-13(17(2,3)4)12-16(19-21(6)7)20-15-10-8-14(18-5)9-11-15/h8-13,21H,1-7H3/t13-/m1/s1. The van der Waals surface area contributed by atoms with Crippen LogP contribution in [0.5, 0.6) is 5.75 Å². The van der Waals surface area contributed by atoms with Crippen molar-refractivity contribution in [2.45, 2.75) is 45.7 Å². The lowest BCUT2D eigenvalue weighted by atomic mass is 9.82. The van der Waals surface area contributed by atoms with Gasteiger partial charge < -0.3 is 9.16 Å². The fraction of sp³-hybridized carbons (Fsp3) is 0.529. The van der Waals surface area contributed by atoms with E-state index in [2.05, 4.69) is 59.0 Å². The molecule has 0 heterocycles. The van der Waals surface area contributed by atoms with Crippen LogP contribution in [0.1, 0.15) is 27.7 Å². The van der Waals surface area contributed by atoms with E-state index in [4.69, 9.17) is 9.16 Å². The normalized spacial score (nSPS) is 14.2. The Balaban J connectivity index is 2.89. The first-order valence-electron chi connectivity index (χ1n) is 7.42. The topological polar surface area (TPSA) is 18.5 Å². The van der Waals surface area contributed by atoms with Gasteiger partial charge in [-0.05, 0) is 54.8 Å². The van der Waals surface area contributed by atoms with Gasteiger partial charge in [0, 0.05) is 4.90 Å². The van der Waals surface area contributed by atoms with Crippen LogP contribution in [0, 0.1) is 11.3 Å². The van der Waals surface area contributed by atoms with Gasteiger partial charge in [0.15, 0.2) is 0 Å². The summed E-state index contributed by atoms with van der Waals surface area (Å²) in [6.45, 7) is 13.4.